The fourth-order valence-corrected chi connectivity index (χ4v) is 3.47. The number of carbonyl (C=O) groups excluding carboxylic acids is 2. The van der Waals surface area contributed by atoms with E-state index in [-0.39, 0.29) is 11.8 Å². The molecule has 0 aliphatic carbocycles. The van der Waals surface area contributed by atoms with Gasteiger partial charge in [0.25, 0.3) is 5.91 Å². The highest BCUT2D eigenvalue weighted by Crippen LogP contribution is 2.27. The zero-order valence-corrected chi connectivity index (χ0v) is 18.0. The predicted molar refractivity (Wildman–Crippen MR) is 117 cm³/mol. The average Bonchev–Trinajstić information content (AvgIpc) is 2.71. The molecule has 7 heteroatoms. The Morgan fingerprint density at radius 1 is 1.18 bits per heavy atom. The molecule has 0 bridgehead atoms. The second-order valence-corrected chi connectivity index (χ2v) is 7.82. The van der Waals surface area contributed by atoms with Crippen LogP contribution in [0.15, 0.2) is 18.2 Å². The summed E-state index contributed by atoms with van der Waals surface area (Å²) in [7, 11) is 0. The molecule has 2 amide bonds. The van der Waals surface area contributed by atoms with Crippen LogP contribution in [0.2, 0.25) is 0 Å². The summed E-state index contributed by atoms with van der Waals surface area (Å²) in [6.45, 7) is 11.1. The first kappa shape index (κ1) is 22.5. The number of alkyl halides is 1. The topological polar surface area (TPSA) is 64.7 Å². The monoisotopic (exact) mass is 408 g/mol. The van der Waals surface area contributed by atoms with Crippen LogP contribution in [-0.2, 0) is 4.79 Å². The van der Waals surface area contributed by atoms with Crippen LogP contribution in [0.25, 0.3) is 0 Å². The maximum absolute atomic E-state index is 12.9. The summed E-state index contributed by atoms with van der Waals surface area (Å²) in [5.74, 6) is -0.386. The zero-order valence-electron chi connectivity index (χ0n) is 17.3. The molecule has 1 fully saturated rings. The SMILES string of the molecule is CCN(CC)CCNC(=O)c1cc(NC(=O)C(C)Cl)ccc1N1CCCCC1. The van der Waals surface area contributed by atoms with Crippen LogP contribution in [-0.4, -0.2) is 61.4 Å². The van der Waals surface area contributed by atoms with Gasteiger partial charge in [0.15, 0.2) is 0 Å². The molecule has 1 unspecified atom stereocenters. The van der Waals surface area contributed by atoms with E-state index in [1.807, 2.05) is 12.1 Å². The van der Waals surface area contributed by atoms with E-state index in [1.54, 1.807) is 13.0 Å². The summed E-state index contributed by atoms with van der Waals surface area (Å²) >= 11 is 5.85. The number of anilines is 2. The van der Waals surface area contributed by atoms with Gasteiger partial charge in [0.05, 0.1) is 5.56 Å². The number of piperidine rings is 1. The lowest BCUT2D eigenvalue weighted by atomic mass is 10.1. The molecule has 156 valence electrons. The van der Waals surface area contributed by atoms with Crippen molar-refractivity contribution in [2.75, 3.05) is 49.5 Å². The summed E-state index contributed by atoms with van der Waals surface area (Å²) < 4.78 is 0. The number of carbonyl (C=O) groups is 2. The summed E-state index contributed by atoms with van der Waals surface area (Å²) in [5, 5.41) is 5.19. The number of nitrogens with one attached hydrogen (secondary N) is 2. The third kappa shape index (κ3) is 6.38. The van der Waals surface area contributed by atoms with Gasteiger partial charge in [-0.15, -0.1) is 11.6 Å². The van der Waals surface area contributed by atoms with Gasteiger partial charge < -0.3 is 20.4 Å². The van der Waals surface area contributed by atoms with Gasteiger partial charge in [-0.2, -0.15) is 0 Å². The van der Waals surface area contributed by atoms with E-state index in [2.05, 4.69) is 34.3 Å². The summed E-state index contributed by atoms with van der Waals surface area (Å²) in [5.41, 5.74) is 2.12. The molecule has 0 saturated carbocycles. The van der Waals surface area contributed by atoms with E-state index in [4.69, 9.17) is 11.6 Å². The molecule has 1 aromatic carbocycles. The molecule has 28 heavy (non-hydrogen) atoms. The first-order valence-corrected chi connectivity index (χ1v) is 10.7. The molecule has 0 spiro atoms. The van der Waals surface area contributed by atoms with Gasteiger partial charge >= 0.3 is 0 Å². The van der Waals surface area contributed by atoms with Crippen LogP contribution >= 0.6 is 11.6 Å². The molecule has 1 heterocycles. The number of nitrogens with zero attached hydrogens (tertiary/aromatic N) is 2. The molecule has 0 aromatic heterocycles. The molecule has 0 radical (unpaired) electrons. The average molecular weight is 409 g/mol. The lowest BCUT2D eigenvalue weighted by molar-refractivity contribution is -0.115. The smallest absolute Gasteiger partial charge is 0.253 e. The molecule has 1 aliphatic rings. The van der Waals surface area contributed by atoms with Crippen molar-refractivity contribution in [1.82, 2.24) is 10.2 Å². The van der Waals surface area contributed by atoms with Gasteiger partial charge in [0, 0.05) is 37.6 Å². The highest BCUT2D eigenvalue weighted by Gasteiger charge is 2.20. The summed E-state index contributed by atoms with van der Waals surface area (Å²) in [6.07, 6.45) is 3.49. The van der Waals surface area contributed by atoms with E-state index in [1.165, 1.54) is 6.42 Å². The Labute approximate surface area is 173 Å². The van der Waals surface area contributed by atoms with Crippen molar-refractivity contribution in [2.45, 2.75) is 45.4 Å². The Hall–Kier alpha value is -1.79. The van der Waals surface area contributed by atoms with Crippen molar-refractivity contribution in [1.29, 1.82) is 0 Å². The number of hydrogen-bond donors (Lipinski definition) is 2. The Morgan fingerprint density at radius 3 is 2.46 bits per heavy atom. The number of halogens is 1. The van der Waals surface area contributed by atoms with Crippen molar-refractivity contribution in [3.05, 3.63) is 23.8 Å². The van der Waals surface area contributed by atoms with Crippen LogP contribution < -0.4 is 15.5 Å². The molecular formula is C21H33ClN4O2. The molecule has 1 aromatic rings. The quantitative estimate of drug-likeness (QED) is 0.615. The fourth-order valence-electron chi connectivity index (χ4n) is 3.41. The fraction of sp³-hybridized carbons (Fsp3) is 0.619. The van der Waals surface area contributed by atoms with Crippen molar-refractivity contribution >= 4 is 34.8 Å². The molecule has 1 atom stereocenters. The Bertz CT molecular complexity index is 656. The second-order valence-electron chi connectivity index (χ2n) is 7.17. The zero-order chi connectivity index (χ0) is 20.5. The van der Waals surface area contributed by atoms with Gasteiger partial charge in [0.2, 0.25) is 5.91 Å². The van der Waals surface area contributed by atoms with Crippen LogP contribution in [0.1, 0.15) is 50.4 Å². The van der Waals surface area contributed by atoms with E-state index in [0.717, 1.165) is 51.3 Å². The number of hydrogen-bond acceptors (Lipinski definition) is 4. The number of amides is 2. The van der Waals surface area contributed by atoms with Gasteiger partial charge in [-0.05, 0) is 57.5 Å². The predicted octanol–water partition coefficient (Wildman–Crippen LogP) is 3.31. The Balaban J connectivity index is 2.18. The lowest BCUT2D eigenvalue weighted by Crippen LogP contribution is -2.36. The van der Waals surface area contributed by atoms with E-state index in [0.29, 0.717) is 17.8 Å². The third-order valence-electron chi connectivity index (χ3n) is 5.17. The number of likely N-dealkylation sites (N-methyl/N-ethyl adjacent to an activating group) is 1. The summed E-state index contributed by atoms with van der Waals surface area (Å²) in [4.78, 5) is 29.4. The Morgan fingerprint density at radius 2 is 1.86 bits per heavy atom. The summed E-state index contributed by atoms with van der Waals surface area (Å²) in [6, 6.07) is 5.53. The first-order chi connectivity index (χ1) is 13.5. The molecule has 2 N–H and O–H groups in total. The van der Waals surface area contributed by atoms with Crippen molar-refractivity contribution in [2.24, 2.45) is 0 Å². The first-order valence-electron chi connectivity index (χ1n) is 10.3. The van der Waals surface area contributed by atoms with Gasteiger partial charge in [-0.3, -0.25) is 9.59 Å². The minimum absolute atomic E-state index is 0.109. The second kappa shape index (κ2) is 11.3. The van der Waals surface area contributed by atoms with Crippen LogP contribution in [0, 0.1) is 0 Å². The number of rotatable bonds is 9. The molecular weight excluding hydrogens is 376 g/mol. The lowest BCUT2D eigenvalue weighted by Gasteiger charge is -2.30. The van der Waals surface area contributed by atoms with Crippen molar-refractivity contribution in [3.63, 3.8) is 0 Å². The van der Waals surface area contributed by atoms with Crippen LogP contribution in [0.3, 0.4) is 0 Å². The Kier molecular flexibility index (Phi) is 9.06. The molecule has 6 nitrogen and oxygen atoms in total. The normalized spacial score (nSPS) is 15.4. The minimum atomic E-state index is -0.631. The molecule has 2 rings (SSSR count). The highest BCUT2D eigenvalue weighted by atomic mass is 35.5. The standard InChI is InChI=1S/C21H33ClN4O2/c1-4-25(5-2)14-11-23-21(28)18-15-17(24-20(27)16(3)22)9-10-19(18)26-12-7-6-8-13-26/h9-10,15-16H,4-8,11-14H2,1-3H3,(H,23,28)(H,24,27). The molecule has 1 aliphatic heterocycles. The van der Waals surface area contributed by atoms with Gasteiger partial charge in [0.1, 0.15) is 5.38 Å². The van der Waals surface area contributed by atoms with E-state index in [9.17, 15) is 9.59 Å². The van der Waals surface area contributed by atoms with Crippen molar-refractivity contribution in [3.8, 4) is 0 Å². The minimum Gasteiger partial charge on any atom is -0.371 e. The largest absolute Gasteiger partial charge is 0.371 e. The van der Waals surface area contributed by atoms with Crippen LogP contribution in [0.5, 0.6) is 0 Å². The third-order valence-corrected chi connectivity index (χ3v) is 5.37. The van der Waals surface area contributed by atoms with Crippen molar-refractivity contribution < 1.29 is 9.59 Å². The maximum atomic E-state index is 12.9. The van der Waals surface area contributed by atoms with E-state index >= 15 is 0 Å². The highest BCUT2D eigenvalue weighted by molar-refractivity contribution is 6.32. The van der Waals surface area contributed by atoms with Crippen LogP contribution in [0.4, 0.5) is 11.4 Å². The number of benzene rings is 1. The molecule has 1 saturated heterocycles. The maximum Gasteiger partial charge on any atom is 0.253 e. The van der Waals surface area contributed by atoms with Gasteiger partial charge in [-0.1, -0.05) is 13.8 Å². The van der Waals surface area contributed by atoms with E-state index < -0.39 is 5.38 Å². The van der Waals surface area contributed by atoms with Gasteiger partial charge in [-0.25, -0.2) is 0 Å².